The van der Waals surface area contributed by atoms with E-state index in [1.54, 1.807) is 6.07 Å². The first-order valence-corrected chi connectivity index (χ1v) is 14.0. The van der Waals surface area contributed by atoms with Crippen molar-refractivity contribution in [1.82, 2.24) is 4.57 Å². The van der Waals surface area contributed by atoms with E-state index in [-0.39, 0.29) is 6.71 Å². The van der Waals surface area contributed by atoms with Crippen molar-refractivity contribution in [2.24, 2.45) is 0 Å². The Morgan fingerprint density at radius 3 is 2.26 bits per heavy atom. The summed E-state index contributed by atoms with van der Waals surface area (Å²) in [7, 11) is 0. The van der Waals surface area contributed by atoms with E-state index in [0.717, 1.165) is 39.4 Å². The van der Waals surface area contributed by atoms with Gasteiger partial charge >= 0.3 is 0 Å². The molecule has 2 aliphatic heterocycles. The molecule has 0 aliphatic carbocycles. The topological polar surface area (TPSA) is 12.5 Å². The Morgan fingerprint density at radius 2 is 1.38 bits per heavy atom. The third kappa shape index (κ3) is 2.99. The van der Waals surface area contributed by atoms with Crippen LogP contribution in [0.3, 0.4) is 0 Å². The van der Waals surface area contributed by atoms with Crippen molar-refractivity contribution in [3.8, 4) is 16.8 Å². The van der Waals surface area contributed by atoms with E-state index in [2.05, 4.69) is 117 Å². The molecule has 0 unspecified atom stereocenters. The minimum absolute atomic E-state index is 0.0364. The third-order valence-corrected chi connectivity index (χ3v) is 8.84. The Kier molecular flexibility index (Phi) is 4.66. The molecule has 0 bridgehead atoms. The molecule has 0 saturated heterocycles. The second-order valence-corrected chi connectivity index (χ2v) is 11.0. The first-order chi connectivity index (χ1) is 20.7. The van der Waals surface area contributed by atoms with Gasteiger partial charge in [0.05, 0.1) is 12.1 Å². The van der Waals surface area contributed by atoms with Gasteiger partial charge in [-0.25, -0.2) is 9.24 Å². The molecule has 3 nitrogen and oxygen atoms in total. The van der Waals surface area contributed by atoms with Crippen LogP contribution in [0, 0.1) is 12.4 Å². The number of aromatic nitrogens is 1. The zero-order chi connectivity index (χ0) is 27.9. The van der Waals surface area contributed by atoms with Crippen LogP contribution in [0.4, 0.5) is 27.1 Å². The molecule has 0 amide bonds. The molecule has 5 heteroatoms. The van der Waals surface area contributed by atoms with Crippen LogP contribution in [-0.2, 0) is 0 Å². The summed E-state index contributed by atoms with van der Waals surface area (Å²) in [4.78, 5) is 6.06. The fourth-order valence-electron chi connectivity index (χ4n) is 7.21. The Balaban J connectivity index is 1.49. The molecule has 9 rings (SSSR count). The van der Waals surface area contributed by atoms with Crippen LogP contribution in [0.1, 0.15) is 0 Å². The molecule has 0 fully saturated rings. The van der Waals surface area contributed by atoms with Gasteiger partial charge in [0.1, 0.15) is 5.82 Å². The standard InChI is InChI=1S/C37H21BFN3/c1-40-31-22-24(39)18-19-26(31)23-20-34-36-35(21-23)42-32-16-7-5-12-27(32)28-13-9-15-30(37(28)42)38(36)29-14-6-8-17-33(29)41(34)25-10-3-2-4-11-25/h2-22H. The summed E-state index contributed by atoms with van der Waals surface area (Å²) in [6.07, 6.45) is 0. The molecule has 2 aliphatic rings. The second-order valence-electron chi connectivity index (χ2n) is 11.0. The smallest absolute Gasteiger partial charge is 0.252 e. The molecular formula is C37H21BFN3. The van der Waals surface area contributed by atoms with Gasteiger partial charge in [-0.15, -0.1) is 0 Å². The van der Waals surface area contributed by atoms with Gasteiger partial charge in [-0.2, -0.15) is 0 Å². The first kappa shape index (κ1) is 23.1. The maximum atomic E-state index is 14.3. The highest BCUT2D eigenvalue weighted by molar-refractivity contribution is 7.00. The maximum absolute atomic E-state index is 14.3. The van der Waals surface area contributed by atoms with E-state index in [9.17, 15) is 4.39 Å². The quantitative estimate of drug-likeness (QED) is 0.162. The third-order valence-electron chi connectivity index (χ3n) is 8.84. The second kappa shape index (κ2) is 8.45. The summed E-state index contributed by atoms with van der Waals surface area (Å²) in [6.45, 7) is 7.88. The van der Waals surface area contributed by atoms with Gasteiger partial charge in [-0.1, -0.05) is 78.9 Å². The number of para-hydroxylation sites is 4. The number of anilines is 3. The highest BCUT2D eigenvalue weighted by Crippen LogP contribution is 2.44. The van der Waals surface area contributed by atoms with E-state index in [4.69, 9.17) is 6.57 Å². The van der Waals surface area contributed by atoms with Crippen molar-refractivity contribution in [2.75, 3.05) is 4.90 Å². The minimum Gasteiger partial charge on any atom is -0.311 e. The van der Waals surface area contributed by atoms with E-state index in [0.29, 0.717) is 5.69 Å². The van der Waals surface area contributed by atoms with Crippen molar-refractivity contribution in [3.05, 3.63) is 145 Å². The summed E-state index contributed by atoms with van der Waals surface area (Å²) in [5.41, 5.74) is 12.4. The van der Waals surface area contributed by atoms with Crippen molar-refractivity contribution in [3.63, 3.8) is 0 Å². The number of hydrogen-bond donors (Lipinski definition) is 0. The molecular weight excluding hydrogens is 516 g/mol. The lowest BCUT2D eigenvalue weighted by Gasteiger charge is -2.40. The molecule has 0 N–H and O–H groups in total. The normalized spacial score (nSPS) is 12.8. The van der Waals surface area contributed by atoms with Gasteiger partial charge in [-0.3, -0.25) is 0 Å². The van der Waals surface area contributed by atoms with Gasteiger partial charge in [0.15, 0.2) is 5.69 Å². The van der Waals surface area contributed by atoms with Crippen LogP contribution in [0.5, 0.6) is 0 Å². The zero-order valence-corrected chi connectivity index (χ0v) is 22.4. The van der Waals surface area contributed by atoms with Gasteiger partial charge in [0.2, 0.25) is 0 Å². The molecule has 0 atom stereocenters. The van der Waals surface area contributed by atoms with Crippen molar-refractivity contribution < 1.29 is 4.39 Å². The van der Waals surface area contributed by atoms with E-state index < -0.39 is 5.82 Å². The molecule has 1 aromatic heterocycles. The van der Waals surface area contributed by atoms with Crippen LogP contribution in [0.25, 0.3) is 43.5 Å². The summed E-state index contributed by atoms with van der Waals surface area (Å²) in [6, 6.07) is 43.3. The number of benzene rings is 6. The Hall–Kier alpha value is -5.60. The van der Waals surface area contributed by atoms with Crippen molar-refractivity contribution in [1.29, 1.82) is 0 Å². The summed E-state index contributed by atoms with van der Waals surface area (Å²) in [5, 5.41) is 2.44. The number of halogens is 1. The molecule has 42 heavy (non-hydrogen) atoms. The Morgan fingerprint density at radius 1 is 0.643 bits per heavy atom. The van der Waals surface area contributed by atoms with E-state index >= 15 is 0 Å². The zero-order valence-electron chi connectivity index (χ0n) is 22.4. The van der Waals surface area contributed by atoms with Crippen molar-refractivity contribution in [2.45, 2.75) is 0 Å². The Labute approximate surface area is 242 Å². The lowest BCUT2D eigenvalue weighted by atomic mass is 9.33. The first-order valence-electron chi connectivity index (χ1n) is 14.0. The number of fused-ring (bicyclic) bond motifs is 7. The molecule has 0 spiro atoms. The SMILES string of the molecule is [C-]#[N+]c1cc(F)ccc1-c1cc2c3c(c1)-n1c4ccccc4c4cccc(c41)B3c1ccccc1N2c1ccccc1. The summed E-state index contributed by atoms with van der Waals surface area (Å²) in [5.74, 6) is -0.406. The number of hydrogen-bond acceptors (Lipinski definition) is 1. The number of nitrogens with zero attached hydrogens (tertiary/aromatic N) is 3. The van der Waals surface area contributed by atoms with Crippen LogP contribution in [-0.4, -0.2) is 11.3 Å². The van der Waals surface area contributed by atoms with Crippen LogP contribution in [0.15, 0.2) is 127 Å². The molecule has 194 valence electrons. The van der Waals surface area contributed by atoms with Gasteiger partial charge in [0.25, 0.3) is 6.71 Å². The van der Waals surface area contributed by atoms with Gasteiger partial charge in [-0.05, 0) is 76.0 Å². The highest BCUT2D eigenvalue weighted by Gasteiger charge is 2.42. The van der Waals surface area contributed by atoms with Crippen LogP contribution < -0.4 is 21.3 Å². The highest BCUT2D eigenvalue weighted by atomic mass is 19.1. The maximum Gasteiger partial charge on any atom is 0.252 e. The minimum atomic E-state index is -0.406. The van der Waals surface area contributed by atoms with Crippen molar-refractivity contribution >= 4 is 67.7 Å². The lowest BCUT2D eigenvalue weighted by molar-refractivity contribution is 0.629. The average molecular weight is 537 g/mol. The van der Waals surface area contributed by atoms with Crippen LogP contribution in [0.2, 0.25) is 0 Å². The predicted octanol–water partition coefficient (Wildman–Crippen LogP) is 7.75. The fourth-order valence-corrected chi connectivity index (χ4v) is 7.21. The van der Waals surface area contributed by atoms with Crippen LogP contribution >= 0.6 is 0 Å². The average Bonchev–Trinajstić information content (AvgIpc) is 3.38. The number of rotatable bonds is 2. The fraction of sp³-hybridized carbons (Fsp3) is 0. The Bertz CT molecular complexity index is 2300. The molecule has 7 aromatic rings. The predicted molar refractivity (Wildman–Crippen MR) is 172 cm³/mol. The monoisotopic (exact) mass is 537 g/mol. The largest absolute Gasteiger partial charge is 0.311 e. The van der Waals surface area contributed by atoms with E-state index in [1.807, 2.05) is 6.07 Å². The molecule has 0 radical (unpaired) electrons. The summed E-state index contributed by atoms with van der Waals surface area (Å²) < 4.78 is 16.7. The van der Waals surface area contributed by atoms with Gasteiger partial charge < -0.3 is 9.47 Å². The molecule has 3 heterocycles. The lowest BCUT2D eigenvalue weighted by Crippen LogP contribution is -2.60. The molecule has 6 aromatic carbocycles. The molecule has 0 saturated carbocycles. The van der Waals surface area contributed by atoms with E-state index in [1.165, 1.54) is 44.8 Å². The summed E-state index contributed by atoms with van der Waals surface area (Å²) >= 11 is 0. The van der Waals surface area contributed by atoms with Gasteiger partial charge in [0, 0.05) is 39.0 Å².